The first-order chi connectivity index (χ1) is 5.05. The summed E-state index contributed by atoms with van der Waals surface area (Å²) in [6.45, 7) is 1.82. The van der Waals surface area contributed by atoms with Crippen LogP contribution in [-0.4, -0.2) is 23.3 Å². The van der Waals surface area contributed by atoms with Gasteiger partial charge in [0.05, 0.1) is 0 Å². The Morgan fingerprint density at radius 2 is 2.45 bits per heavy atom. The van der Waals surface area contributed by atoms with E-state index >= 15 is 0 Å². The van der Waals surface area contributed by atoms with E-state index in [-0.39, 0.29) is 5.84 Å². The monoisotopic (exact) mass is 156 g/mol. The second kappa shape index (κ2) is 2.52. The smallest absolute Gasteiger partial charge is 0.232 e. The lowest BCUT2D eigenvalue weighted by Gasteiger charge is -2.24. The molecule has 1 aliphatic heterocycles. The van der Waals surface area contributed by atoms with Crippen LogP contribution in [-0.2, 0) is 0 Å². The Bertz CT molecular complexity index is 219. The summed E-state index contributed by atoms with van der Waals surface area (Å²) in [5.41, 5.74) is 11.5. The fourth-order valence-corrected chi connectivity index (χ4v) is 0.800. The molecule has 0 amide bonds. The summed E-state index contributed by atoms with van der Waals surface area (Å²) in [5, 5.41) is 11.9. The summed E-state index contributed by atoms with van der Waals surface area (Å²) in [6, 6.07) is 0. The molecule has 0 radical (unpaired) electrons. The Kier molecular flexibility index (Phi) is 1.84. The van der Waals surface area contributed by atoms with Gasteiger partial charge in [-0.25, -0.2) is 4.99 Å². The van der Waals surface area contributed by atoms with Crippen LogP contribution >= 0.6 is 0 Å². The second-order valence-electron chi connectivity index (χ2n) is 2.54. The fraction of sp³-hybridized carbons (Fsp3) is 0.500. The molecular weight excluding hydrogens is 144 g/mol. The third-order valence-electron chi connectivity index (χ3n) is 1.41. The van der Waals surface area contributed by atoms with Gasteiger partial charge in [-0.3, -0.25) is 0 Å². The molecule has 0 bridgehead atoms. The van der Waals surface area contributed by atoms with Gasteiger partial charge >= 0.3 is 0 Å². The second-order valence-corrected chi connectivity index (χ2v) is 2.54. The highest BCUT2D eigenvalue weighted by molar-refractivity contribution is 5.98. The minimum absolute atomic E-state index is 0.288. The lowest BCUT2D eigenvalue weighted by Crippen LogP contribution is -2.44. The summed E-state index contributed by atoms with van der Waals surface area (Å²) < 4.78 is 0. The molecule has 6 N–H and O–H groups in total. The molecule has 0 saturated heterocycles. The van der Waals surface area contributed by atoms with Gasteiger partial charge in [-0.1, -0.05) is 0 Å². The zero-order valence-electron chi connectivity index (χ0n) is 6.33. The summed E-state index contributed by atoms with van der Waals surface area (Å²) in [5.74, 6) is -1.00. The maximum absolute atomic E-state index is 9.29. The summed E-state index contributed by atoms with van der Waals surface area (Å²) in [7, 11) is 0. The maximum Gasteiger partial charge on any atom is 0.232 e. The molecule has 1 heterocycles. The van der Waals surface area contributed by atoms with E-state index in [0.29, 0.717) is 12.1 Å². The van der Waals surface area contributed by atoms with Gasteiger partial charge < -0.3 is 21.9 Å². The zero-order chi connectivity index (χ0) is 8.48. The van der Waals surface area contributed by atoms with E-state index in [0.717, 1.165) is 0 Å². The van der Waals surface area contributed by atoms with Crippen molar-refractivity contribution in [3.05, 3.63) is 11.8 Å². The quantitative estimate of drug-likeness (QED) is 0.370. The van der Waals surface area contributed by atoms with Crippen molar-refractivity contribution in [2.45, 2.75) is 12.8 Å². The Labute approximate surface area is 64.8 Å². The topological polar surface area (TPSA) is 96.7 Å². The van der Waals surface area contributed by atoms with Crippen LogP contribution < -0.4 is 16.8 Å². The van der Waals surface area contributed by atoms with Crippen LogP contribution in [0.4, 0.5) is 0 Å². The largest absolute Gasteiger partial charge is 0.384 e. The van der Waals surface area contributed by atoms with Crippen molar-refractivity contribution in [3.8, 4) is 0 Å². The number of rotatable bonds is 1. The van der Waals surface area contributed by atoms with Crippen molar-refractivity contribution >= 4 is 5.84 Å². The van der Waals surface area contributed by atoms with Crippen molar-refractivity contribution in [2.75, 3.05) is 6.54 Å². The highest BCUT2D eigenvalue weighted by Gasteiger charge is 2.21. The van der Waals surface area contributed by atoms with Gasteiger partial charge in [0.1, 0.15) is 5.84 Å². The fourth-order valence-electron chi connectivity index (χ4n) is 0.800. The average molecular weight is 156 g/mol. The Hall–Kier alpha value is -1.07. The normalized spacial score (nSPS) is 30.5. The molecule has 0 aromatic rings. The number of hydrogen-bond acceptors (Lipinski definition) is 5. The first-order valence-electron chi connectivity index (χ1n) is 3.30. The van der Waals surface area contributed by atoms with Crippen LogP contribution in [0.2, 0.25) is 0 Å². The number of aliphatic hydroxyl groups is 1. The van der Waals surface area contributed by atoms with Crippen LogP contribution in [0, 0.1) is 0 Å². The van der Waals surface area contributed by atoms with Crippen molar-refractivity contribution in [3.63, 3.8) is 0 Å². The van der Waals surface area contributed by atoms with E-state index in [1.165, 1.54) is 6.92 Å². The standard InChI is InChI=1S/C6H12N4O/c1-6(11)9-3-4(2-7)5(8)10-6/h3,9,11H,2,7H2,1H3,(H2,8,10). The van der Waals surface area contributed by atoms with E-state index in [9.17, 15) is 5.11 Å². The van der Waals surface area contributed by atoms with Crippen LogP contribution in [0.3, 0.4) is 0 Å². The van der Waals surface area contributed by atoms with E-state index in [1.54, 1.807) is 6.20 Å². The van der Waals surface area contributed by atoms with E-state index in [1.807, 2.05) is 0 Å². The summed E-state index contributed by atoms with van der Waals surface area (Å²) in [4.78, 5) is 3.76. The maximum atomic E-state index is 9.29. The molecule has 1 rings (SSSR count). The number of nitrogens with zero attached hydrogens (tertiary/aromatic N) is 1. The number of aliphatic imine (C=N–C) groups is 1. The molecule has 0 aliphatic carbocycles. The van der Waals surface area contributed by atoms with Crippen LogP contribution in [0.5, 0.6) is 0 Å². The molecule has 0 spiro atoms. The van der Waals surface area contributed by atoms with Crippen molar-refractivity contribution in [1.82, 2.24) is 5.32 Å². The van der Waals surface area contributed by atoms with Crippen LogP contribution in [0.25, 0.3) is 0 Å². The highest BCUT2D eigenvalue weighted by atomic mass is 16.3. The minimum atomic E-state index is -1.29. The Morgan fingerprint density at radius 1 is 1.82 bits per heavy atom. The van der Waals surface area contributed by atoms with E-state index in [2.05, 4.69) is 10.3 Å². The lowest BCUT2D eigenvalue weighted by atomic mass is 10.2. The molecule has 0 aromatic heterocycles. The van der Waals surface area contributed by atoms with E-state index < -0.39 is 5.85 Å². The number of hydrogen-bond donors (Lipinski definition) is 4. The van der Waals surface area contributed by atoms with Gasteiger partial charge in [0, 0.05) is 25.2 Å². The van der Waals surface area contributed by atoms with Gasteiger partial charge in [0.15, 0.2) is 0 Å². The van der Waals surface area contributed by atoms with Crippen molar-refractivity contribution < 1.29 is 5.11 Å². The Morgan fingerprint density at radius 3 is 2.91 bits per heavy atom. The first kappa shape index (κ1) is 8.03. The molecular formula is C6H12N4O. The highest BCUT2D eigenvalue weighted by Crippen LogP contribution is 2.08. The van der Waals surface area contributed by atoms with Gasteiger partial charge in [-0.05, 0) is 0 Å². The molecule has 1 unspecified atom stereocenters. The lowest BCUT2D eigenvalue weighted by molar-refractivity contribution is 0.0461. The number of nitrogens with one attached hydrogen (secondary N) is 1. The zero-order valence-corrected chi connectivity index (χ0v) is 6.33. The number of nitrogens with two attached hydrogens (primary N) is 2. The van der Waals surface area contributed by atoms with Gasteiger partial charge in [-0.15, -0.1) is 0 Å². The molecule has 1 aliphatic rings. The molecule has 1 atom stereocenters. The van der Waals surface area contributed by atoms with Crippen molar-refractivity contribution in [1.29, 1.82) is 0 Å². The summed E-state index contributed by atoms with van der Waals surface area (Å²) >= 11 is 0. The molecule has 5 nitrogen and oxygen atoms in total. The SMILES string of the molecule is CC1(O)N=C(N)C(CN)=CN1. The van der Waals surface area contributed by atoms with Gasteiger partial charge in [-0.2, -0.15) is 0 Å². The summed E-state index contributed by atoms with van der Waals surface area (Å²) in [6.07, 6.45) is 1.57. The third-order valence-corrected chi connectivity index (χ3v) is 1.41. The predicted molar refractivity (Wildman–Crippen MR) is 42.5 cm³/mol. The Balaban J connectivity index is 2.82. The first-order valence-corrected chi connectivity index (χ1v) is 3.30. The number of amidine groups is 1. The van der Waals surface area contributed by atoms with Crippen LogP contribution in [0.15, 0.2) is 16.8 Å². The molecule has 5 heteroatoms. The third kappa shape index (κ3) is 1.69. The van der Waals surface area contributed by atoms with Crippen LogP contribution in [0.1, 0.15) is 6.92 Å². The van der Waals surface area contributed by atoms with E-state index in [4.69, 9.17) is 11.5 Å². The average Bonchev–Trinajstić information content (AvgIpc) is 1.86. The minimum Gasteiger partial charge on any atom is -0.384 e. The van der Waals surface area contributed by atoms with Gasteiger partial charge in [0.25, 0.3) is 0 Å². The molecule has 0 saturated carbocycles. The van der Waals surface area contributed by atoms with Gasteiger partial charge in [0.2, 0.25) is 5.85 Å². The van der Waals surface area contributed by atoms with Crippen molar-refractivity contribution in [2.24, 2.45) is 16.5 Å². The molecule has 0 aromatic carbocycles. The molecule has 11 heavy (non-hydrogen) atoms. The molecule has 0 fully saturated rings. The molecule has 62 valence electrons. The predicted octanol–water partition coefficient (Wildman–Crippen LogP) is -1.54.